The molecule has 1 saturated heterocycles. The molecule has 0 saturated carbocycles. The van der Waals surface area contributed by atoms with E-state index in [1.54, 1.807) is 0 Å². The minimum atomic E-state index is -0.466. The highest BCUT2D eigenvalue weighted by Crippen LogP contribution is 2.24. The van der Waals surface area contributed by atoms with Crippen molar-refractivity contribution < 1.29 is 13.5 Å². The van der Waals surface area contributed by atoms with Gasteiger partial charge < -0.3 is 10.1 Å². The molecule has 16 heavy (non-hydrogen) atoms. The largest absolute Gasteiger partial charge is 0.382 e. The van der Waals surface area contributed by atoms with Crippen molar-refractivity contribution in [2.24, 2.45) is 5.92 Å². The minimum absolute atomic E-state index is 0.139. The van der Waals surface area contributed by atoms with E-state index in [-0.39, 0.29) is 10.2 Å². The number of benzene rings is 1. The highest BCUT2D eigenvalue weighted by atomic mass is 79.9. The van der Waals surface area contributed by atoms with Crippen LogP contribution in [0, 0.1) is 17.6 Å². The third-order valence-corrected chi connectivity index (χ3v) is 3.22. The molecule has 5 heteroatoms. The summed E-state index contributed by atoms with van der Waals surface area (Å²) in [5.74, 6) is -0.537. The Hall–Kier alpha value is -0.680. The first kappa shape index (κ1) is 11.8. The molecule has 88 valence electrons. The summed E-state index contributed by atoms with van der Waals surface area (Å²) in [5, 5.41) is 2.91. The van der Waals surface area contributed by atoms with E-state index in [0.29, 0.717) is 19.1 Å². The van der Waals surface area contributed by atoms with Crippen LogP contribution in [0.15, 0.2) is 16.6 Å². The molecule has 0 spiro atoms. The van der Waals surface area contributed by atoms with Crippen molar-refractivity contribution >= 4 is 21.6 Å². The fourth-order valence-electron chi connectivity index (χ4n) is 1.66. The molecule has 1 fully saturated rings. The van der Waals surface area contributed by atoms with Gasteiger partial charge in [-0.3, -0.25) is 0 Å². The number of hydrogen-bond acceptors (Lipinski definition) is 2. The molecule has 1 atom stereocenters. The lowest BCUT2D eigenvalue weighted by atomic mass is 10.1. The summed E-state index contributed by atoms with van der Waals surface area (Å²) in [6.07, 6.45) is 0.966. The Kier molecular flexibility index (Phi) is 3.76. The number of anilines is 1. The summed E-state index contributed by atoms with van der Waals surface area (Å²) < 4.78 is 31.9. The Labute approximate surface area is 101 Å². The normalized spacial score (nSPS) is 20.1. The fraction of sp³-hybridized carbons (Fsp3) is 0.455. The molecule has 2 rings (SSSR count). The number of hydrogen-bond donors (Lipinski definition) is 1. The number of halogens is 3. The van der Waals surface area contributed by atoms with Gasteiger partial charge in [0.2, 0.25) is 0 Å². The van der Waals surface area contributed by atoms with Gasteiger partial charge >= 0.3 is 0 Å². The topological polar surface area (TPSA) is 21.3 Å². The van der Waals surface area contributed by atoms with Crippen molar-refractivity contribution in [3.8, 4) is 0 Å². The average molecular weight is 292 g/mol. The third kappa shape index (κ3) is 2.71. The molecule has 0 bridgehead atoms. The Bertz CT molecular complexity index is 380. The molecule has 1 heterocycles. The molecule has 1 unspecified atom stereocenters. The van der Waals surface area contributed by atoms with Crippen LogP contribution in [0.3, 0.4) is 0 Å². The van der Waals surface area contributed by atoms with Gasteiger partial charge in [0.25, 0.3) is 0 Å². The lowest BCUT2D eigenvalue weighted by molar-refractivity contribution is 0.187. The van der Waals surface area contributed by atoms with Gasteiger partial charge in [0.1, 0.15) is 11.6 Å². The second kappa shape index (κ2) is 5.10. The molecule has 0 radical (unpaired) electrons. The zero-order valence-electron chi connectivity index (χ0n) is 8.60. The van der Waals surface area contributed by atoms with Gasteiger partial charge in [-0.1, -0.05) is 0 Å². The summed E-state index contributed by atoms with van der Waals surface area (Å²) in [6, 6.07) is 2.29. The zero-order valence-corrected chi connectivity index (χ0v) is 10.2. The second-order valence-electron chi connectivity index (χ2n) is 3.86. The van der Waals surface area contributed by atoms with E-state index < -0.39 is 11.6 Å². The molecule has 0 aromatic heterocycles. The van der Waals surface area contributed by atoms with Crippen molar-refractivity contribution in [2.45, 2.75) is 6.42 Å². The Morgan fingerprint density at radius 1 is 1.38 bits per heavy atom. The lowest BCUT2D eigenvalue weighted by Crippen LogP contribution is -2.15. The first-order chi connectivity index (χ1) is 7.66. The van der Waals surface area contributed by atoms with E-state index in [1.165, 1.54) is 0 Å². The first-order valence-corrected chi connectivity index (χ1v) is 5.92. The summed E-state index contributed by atoms with van der Waals surface area (Å²) >= 11 is 2.93. The maximum Gasteiger partial charge on any atom is 0.147 e. The molecule has 2 nitrogen and oxygen atoms in total. The van der Waals surface area contributed by atoms with Crippen molar-refractivity contribution in [1.82, 2.24) is 0 Å². The van der Waals surface area contributed by atoms with Crippen LogP contribution < -0.4 is 5.32 Å². The van der Waals surface area contributed by atoms with Gasteiger partial charge in [0.15, 0.2) is 0 Å². The minimum Gasteiger partial charge on any atom is -0.382 e. The smallest absolute Gasteiger partial charge is 0.147 e. The zero-order chi connectivity index (χ0) is 11.5. The fourth-order valence-corrected chi connectivity index (χ4v) is 1.97. The van der Waals surface area contributed by atoms with Gasteiger partial charge in [-0.2, -0.15) is 0 Å². The highest BCUT2D eigenvalue weighted by Gasteiger charge is 2.16. The predicted octanol–water partition coefficient (Wildman–Crippen LogP) is 3.18. The molecule has 1 aliphatic heterocycles. The molecule has 1 aliphatic rings. The van der Waals surface area contributed by atoms with Gasteiger partial charge in [-0.05, 0) is 28.4 Å². The van der Waals surface area contributed by atoms with Crippen molar-refractivity contribution in [3.63, 3.8) is 0 Å². The van der Waals surface area contributed by atoms with E-state index in [9.17, 15) is 8.78 Å². The number of nitrogens with one attached hydrogen (secondary N) is 1. The van der Waals surface area contributed by atoms with Gasteiger partial charge in [0, 0.05) is 25.1 Å². The van der Waals surface area contributed by atoms with E-state index in [2.05, 4.69) is 21.2 Å². The number of rotatable bonds is 3. The Morgan fingerprint density at radius 3 is 2.88 bits per heavy atom. The van der Waals surface area contributed by atoms with Crippen molar-refractivity contribution in [1.29, 1.82) is 0 Å². The molecule has 1 aromatic carbocycles. The van der Waals surface area contributed by atoms with Crippen LogP contribution in [0.25, 0.3) is 0 Å². The molecule has 0 aliphatic carbocycles. The monoisotopic (exact) mass is 291 g/mol. The third-order valence-electron chi connectivity index (χ3n) is 2.62. The summed E-state index contributed by atoms with van der Waals surface area (Å²) in [4.78, 5) is 0. The van der Waals surface area contributed by atoms with Crippen LogP contribution >= 0.6 is 15.9 Å². The molecule has 1 N–H and O–H groups in total. The van der Waals surface area contributed by atoms with Gasteiger partial charge in [0.05, 0.1) is 16.8 Å². The second-order valence-corrected chi connectivity index (χ2v) is 4.71. The Balaban J connectivity index is 2.00. The summed E-state index contributed by atoms with van der Waals surface area (Å²) in [6.45, 7) is 2.05. The van der Waals surface area contributed by atoms with Crippen LogP contribution in [0.2, 0.25) is 0 Å². The highest BCUT2D eigenvalue weighted by molar-refractivity contribution is 9.10. The quantitative estimate of drug-likeness (QED) is 0.864. The van der Waals surface area contributed by atoms with Crippen LogP contribution in [-0.2, 0) is 4.74 Å². The van der Waals surface area contributed by atoms with E-state index >= 15 is 0 Å². The van der Waals surface area contributed by atoms with E-state index in [0.717, 1.165) is 25.2 Å². The van der Waals surface area contributed by atoms with Crippen LogP contribution in [-0.4, -0.2) is 19.8 Å². The van der Waals surface area contributed by atoms with Gasteiger partial charge in [-0.15, -0.1) is 0 Å². The molecular weight excluding hydrogens is 280 g/mol. The van der Waals surface area contributed by atoms with Crippen molar-refractivity contribution in [2.75, 3.05) is 25.1 Å². The molecular formula is C11H12BrF2NO. The standard InChI is InChI=1S/C11H12BrF2NO/c12-8-3-10(14)11(4-9(8)13)15-5-7-1-2-16-6-7/h3-4,7,15H,1-2,5-6H2. The van der Waals surface area contributed by atoms with Crippen LogP contribution in [0.1, 0.15) is 6.42 Å². The summed E-state index contributed by atoms with van der Waals surface area (Å²) in [5.41, 5.74) is 0.201. The Morgan fingerprint density at radius 2 is 2.19 bits per heavy atom. The maximum absolute atomic E-state index is 13.4. The predicted molar refractivity (Wildman–Crippen MR) is 61.5 cm³/mol. The van der Waals surface area contributed by atoms with E-state index in [1.807, 2.05) is 0 Å². The van der Waals surface area contributed by atoms with Crippen LogP contribution in [0.5, 0.6) is 0 Å². The lowest BCUT2D eigenvalue weighted by Gasteiger charge is -2.11. The van der Waals surface area contributed by atoms with Gasteiger partial charge in [-0.25, -0.2) is 8.78 Å². The molecule has 0 amide bonds. The average Bonchev–Trinajstić information content (AvgIpc) is 2.74. The van der Waals surface area contributed by atoms with E-state index in [4.69, 9.17) is 4.74 Å². The van der Waals surface area contributed by atoms with Crippen molar-refractivity contribution in [3.05, 3.63) is 28.2 Å². The molecule has 1 aromatic rings. The SMILES string of the molecule is Fc1cc(NCC2CCOC2)c(F)cc1Br. The van der Waals surface area contributed by atoms with Crippen LogP contribution in [0.4, 0.5) is 14.5 Å². The summed E-state index contributed by atoms with van der Waals surface area (Å²) in [7, 11) is 0. The maximum atomic E-state index is 13.4. The first-order valence-electron chi connectivity index (χ1n) is 5.13. The number of ether oxygens (including phenoxy) is 1.